The van der Waals surface area contributed by atoms with E-state index in [-0.39, 0.29) is 11.3 Å². The molecule has 0 amide bonds. The first-order valence-electron chi connectivity index (χ1n) is 4.40. The highest BCUT2D eigenvalue weighted by atomic mass is 19.1. The van der Waals surface area contributed by atoms with Gasteiger partial charge in [-0.1, -0.05) is 0 Å². The van der Waals surface area contributed by atoms with Crippen molar-refractivity contribution in [3.63, 3.8) is 0 Å². The minimum Gasteiger partial charge on any atom is -0.477 e. The number of rotatable bonds is 2. The molecule has 0 radical (unpaired) electrons. The number of carboxylic acids is 1. The third-order valence-corrected chi connectivity index (χ3v) is 2.04. The summed E-state index contributed by atoms with van der Waals surface area (Å²) in [6.45, 7) is 0. The Morgan fingerprint density at radius 2 is 2.24 bits per heavy atom. The minimum absolute atomic E-state index is 0.209. The molecule has 2 rings (SSSR count). The number of carbonyl (C=O) groups excluding carboxylic acids is 1. The van der Waals surface area contributed by atoms with E-state index >= 15 is 0 Å². The SMILES string of the molecule is COC(=O)c1cc(C(=O)O)nc2c(F)cnn12. The van der Waals surface area contributed by atoms with Crippen LogP contribution in [-0.2, 0) is 4.74 Å². The molecule has 0 aliphatic heterocycles. The minimum atomic E-state index is -1.38. The van der Waals surface area contributed by atoms with Crippen molar-refractivity contribution in [3.05, 3.63) is 29.5 Å². The van der Waals surface area contributed by atoms with Crippen molar-refractivity contribution in [1.29, 1.82) is 0 Å². The Morgan fingerprint density at radius 3 is 2.82 bits per heavy atom. The van der Waals surface area contributed by atoms with E-state index in [0.717, 1.165) is 23.9 Å². The van der Waals surface area contributed by atoms with Gasteiger partial charge in [-0.2, -0.15) is 5.10 Å². The summed E-state index contributed by atoms with van der Waals surface area (Å²) in [5.41, 5.74) is -1.01. The van der Waals surface area contributed by atoms with Gasteiger partial charge in [0.05, 0.1) is 13.3 Å². The molecule has 1 N–H and O–H groups in total. The molecule has 0 spiro atoms. The number of nitrogens with zero attached hydrogens (tertiary/aromatic N) is 3. The Labute approximate surface area is 93.4 Å². The normalized spacial score (nSPS) is 10.5. The molecule has 0 saturated heterocycles. The second-order valence-electron chi connectivity index (χ2n) is 3.05. The van der Waals surface area contributed by atoms with Crippen molar-refractivity contribution >= 4 is 17.6 Å². The van der Waals surface area contributed by atoms with Crippen LogP contribution in [0.15, 0.2) is 12.3 Å². The van der Waals surface area contributed by atoms with Crippen LogP contribution in [0.1, 0.15) is 21.0 Å². The molecule has 7 nitrogen and oxygen atoms in total. The van der Waals surface area contributed by atoms with Gasteiger partial charge >= 0.3 is 11.9 Å². The first-order chi connectivity index (χ1) is 8.04. The highest BCUT2D eigenvalue weighted by Gasteiger charge is 2.19. The molecular formula is C9H6FN3O4. The lowest BCUT2D eigenvalue weighted by Crippen LogP contribution is -2.13. The number of fused-ring (bicyclic) bond motifs is 1. The summed E-state index contributed by atoms with van der Waals surface area (Å²) in [5.74, 6) is -3.03. The third kappa shape index (κ3) is 1.69. The Kier molecular flexibility index (Phi) is 2.47. The molecular weight excluding hydrogens is 233 g/mol. The monoisotopic (exact) mass is 239 g/mol. The number of esters is 1. The summed E-state index contributed by atoms with van der Waals surface area (Å²) in [5, 5.41) is 12.4. The van der Waals surface area contributed by atoms with Gasteiger partial charge in [0.2, 0.25) is 0 Å². The number of aromatic nitrogens is 3. The average molecular weight is 239 g/mol. The Morgan fingerprint density at radius 1 is 1.53 bits per heavy atom. The van der Waals surface area contributed by atoms with Crippen LogP contribution in [0.2, 0.25) is 0 Å². The van der Waals surface area contributed by atoms with Crippen molar-refractivity contribution in [3.8, 4) is 0 Å². The fraction of sp³-hybridized carbons (Fsp3) is 0.111. The maximum atomic E-state index is 13.2. The molecule has 0 aliphatic carbocycles. The van der Waals surface area contributed by atoms with Gasteiger partial charge in [-0.15, -0.1) is 0 Å². The number of carboxylic acid groups (broad SMARTS) is 1. The average Bonchev–Trinajstić information content (AvgIpc) is 2.69. The van der Waals surface area contributed by atoms with E-state index in [2.05, 4.69) is 14.8 Å². The zero-order chi connectivity index (χ0) is 12.6. The van der Waals surface area contributed by atoms with Gasteiger partial charge in [-0.3, -0.25) is 0 Å². The van der Waals surface area contributed by atoms with E-state index in [4.69, 9.17) is 5.11 Å². The van der Waals surface area contributed by atoms with Crippen LogP contribution in [0.3, 0.4) is 0 Å². The quantitative estimate of drug-likeness (QED) is 0.760. The van der Waals surface area contributed by atoms with Crippen LogP contribution < -0.4 is 0 Å². The number of hydrogen-bond acceptors (Lipinski definition) is 5. The summed E-state index contributed by atoms with van der Waals surface area (Å²) < 4.78 is 18.6. The maximum Gasteiger partial charge on any atom is 0.356 e. The topological polar surface area (TPSA) is 93.8 Å². The zero-order valence-electron chi connectivity index (χ0n) is 8.55. The molecule has 0 unspecified atom stereocenters. The molecule has 0 atom stereocenters. The Bertz CT molecular complexity index is 622. The van der Waals surface area contributed by atoms with Crippen LogP contribution in [0.4, 0.5) is 4.39 Å². The van der Waals surface area contributed by atoms with Crippen molar-refractivity contribution in [2.45, 2.75) is 0 Å². The first-order valence-corrected chi connectivity index (χ1v) is 4.40. The summed E-state index contributed by atoms with van der Waals surface area (Å²) in [4.78, 5) is 25.7. The molecule has 0 fully saturated rings. The molecule has 2 aromatic heterocycles. The highest BCUT2D eigenvalue weighted by Crippen LogP contribution is 2.12. The second kappa shape index (κ2) is 3.81. The van der Waals surface area contributed by atoms with Gasteiger partial charge in [-0.05, 0) is 0 Å². The fourth-order valence-corrected chi connectivity index (χ4v) is 1.30. The number of halogens is 1. The summed E-state index contributed by atoms with van der Waals surface area (Å²) >= 11 is 0. The van der Waals surface area contributed by atoms with Crippen LogP contribution in [0.5, 0.6) is 0 Å². The lowest BCUT2D eigenvalue weighted by atomic mass is 10.3. The van der Waals surface area contributed by atoms with Crippen molar-refractivity contribution < 1.29 is 23.8 Å². The predicted molar refractivity (Wildman–Crippen MR) is 51.2 cm³/mol. The van der Waals surface area contributed by atoms with Crippen molar-refractivity contribution in [2.24, 2.45) is 0 Å². The summed E-state index contributed by atoms with van der Waals surface area (Å²) in [7, 11) is 1.12. The van der Waals surface area contributed by atoms with E-state index in [0.29, 0.717) is 0 Å². The maximum absolute atomic E-state index is 13.2. The molecule has 0 saturated carbocycles. The summed E-state index contributed by atoms with van der Waals surface area (Å²) in [6.07, 6.45) is 0.834. The zero-order valence-corrected chi connectivity index (χ0v) is 8.55. The fourth-order valence-electron chi connectivity index (χ4n) is 1.30. The van der Waals surface area contributed by atoms with Crippen molar-refractivity contribution in [2.75, 3.05) is 7.11 Å². The van der Waals surface area contributed by atoms with Gasteiger partial charge in [0.1, 0.15) is 0 Å². The molecule has 8 heteroatoms. The molecule has 17 heavy (non-hydrogen) atoms. The Balaban J connectivity index is 2.79. The summed E-state index contributed by atoms with van der Waals surface area (Å²) in [6, 6.07) is 0.966. The van der Waals surface area contributed by atoms with Gasteiger partial charge in [0, 0.05) is 6.07 Å². The predicted octanol–water partition coefficient (Wildman–Crippen LogP) is 0.353. The van der Waals surface area contributed by atoms with E-state index < -0.39 is 23.4 Å². The number of ether oxygens (including phenoxy) is 1. The van der Waals surface area contributed by atoms with Crippen LogP contribution in [0.25, 0.3) is 5.65 Å². The van der Waals surface area contributed by atoms with Gasteiger partial charge < -0.3 is 9.84 Å². The highest BCUT2D eigenvalue weighted by molar-refractivity contribution is 5.92. The molecule has 2 heterocycles. The third-order valence-electron chi connectivity index (χ3n) is 2.04. The smallest absolute Gasteiger partial charge is 0.356 e. The lowest BCUT2D eigenvalue weighted by molar-refractivity contribution is 0.0590. The number of hydrogen-bond donors (Lipinski definition) is 1. The Hall–Kier alpha value is -2.51. The molecule has 0 bridgehead atoms. The van der Waals surface area contributed by atoms with Gasteiger partial charge in [-0.25, -0.2) is 23.5 Å². The largest absolute Gasteiger partial charge is 0.477 e. The van der Waals surface area contributed by atoms with E-state index in [9.17, 15) is 14.0 Å². The number of carbonyl (C=O) groups is 2. The van der Waals surface area contributed by atoms with Gasteiger partial charge in [0.15, 0.2) is 22.9 Å². The van der Waals surface area contributed by atoms with Crippen LogP contribution in [0, 0.1) is 5.82 Å². The van der Waals surface area contributed by atoms with Crippen LogP contribution in [-0.4, -0.2) is 38.8 Å². The van der Waals surface area contributed by atoms with E-state index in [1.54, 1.807) is 0 Å². The van der Waals surface area contributed by atoms with E-state index in [1.807, 2.05) is 0 Å². The molecule has 88 valence electrons. The standard InChI is InChI=1S/C9H6FN3O4/c1-17-9(16)6-2-5(8(14)15)12-7-4(10)3-11-13(6)7/h2-3H,1H3,(H,14,15). The van der Waals surface area contributed by atoms with E-state index in [1.165, 1.54) is 0 Å². The molecule has 0 aromatic carbocycles. The lowest BCUT2D eigenvalue weighted by Gasteiger charge is -2.03. The number of methoxy groups -OCH3 is 1. The first kappa shape index (κ1) is 11.0. The second-order valence-corrected chi connectivity index (χ2v) is 3.05. The van der Waals surface area contributed by atoms with Gasteiger partial charge in [0.25, 0.3) is 0 Å². The van der Waals surface area contributed by atoms with Crippen LogP contribution >= 0.6 is 0 Å². The van der Waals surface area contributed by atoms with Crippen molar-refractivity contribution in [1.82, 2.24) is 14.6 Å². The molecule has 2 aromatic rings. The molecule has 0 aliphatic rings. The number of aromatic carboxylic acids is 1.